The molecule has 0 spiro atoms. The van der Waals surface area contributed by atoms with Crippen molar-refractivity contribution in [2.75, 3.05) is 26.2 Å². The molecule has 0 aliphatic carbocycles. The van der Waals surface area contributed by atoms with E-state index in [4.69, 9.17) is 0 Å². The third-order valence-corrected chi connectivity index (χ3v) is 10.1. The molecule has 3 aliphatic heterocycles. The van der Waals surface area contributed by atoms with Gasteiger partial charge in [-0.15, -0.1) is 5.01 Å². The van der Waals surface area contributed by atoms with E-state index in [0.29, 0.717) is 42.9 Å². The smallest absolute Gasteiger partial charge is 0.243 e. The predicted molar refractivity (Wildman–Crippen MR) is 136 cm³/mol. The van der Waals surface area contributed by atoms with Crippen LogP contribution in [0.1, 0.15) is 36.8 Å². The molecule has 36 heavy (non-hydrogen) atoms. The minimum absolute atomic E-state index is 0.0631. The van der Waals surface area contributed by atoms with E-state index in [2.05, 4.69) is 5.32 Å². The van der Waals surface area contributed by atoms with Gasteiger partial charge in [-0.3, -0.25) is 4.79 Å². The van der Waals surface area contributed by atoms with Gasteiger partial charge in [0.05, 0.1) is 16.3 Å². The van der Waals surface area contributed by atoms with Crippen molar-refractivity contribution in [3.05, 3.63) is 70.6 Å². The van der Waals surface area contributed by atoms with E-state index in [1.807, 2.05) is 54.4 Å². The molecule has 1 amide bonds. The quantitative estimate of drug-likeness (QED) is 0.602. The lowest BCUT2D eigenvalue weighted by Gasteiger charge is -2.39. The monoisotopic (exact) mass is 511 g/mol. The summed E-state index contributed by atoms with van der Waals surface area (Å²) in [5.74, 6) is 0.389. The summed E-state index contributed by atoms with van der Waals surface area (Å²) in [6.45, 7) is 4.29. The fourth-order valence-corrected chi connectivity index (χ4v) is 7.58. The number of fused-ring (bicyclic) bond motifs is 1. The molecular weight excluding hydrogens is 476 g/mol. The first kappa shape index (κ1) is 24.9. The highest BCUT2D eigenvalue weighted by Gasteiger charge is 2.53. The lowest BCUT2D eigenvalue weighted by atomic mass is 9.75. The summed E-state index contributed by atoms with van der Waals surface area (Å²) in [4.78, 5) is 26.9. The van der Waals surface area contributed by atoms with E-state index in [-0.39, 0.29) is 24.4 Å². The summed E-state index contributed by atoms with van der Waals surface area (Å²) in [6, 6.07) is 16.7. The van der Waals surface area contributed by atoms with E-state index in [1.165, 1.54) is 0 Å². The van der Waals surface area contributed by atoms with Crippen LogP contribution in [-0.2, 0) is 21.4 Å². The fourth-order valence-electron chi connectivity index (χ4n) is 6.11. The maximum atomic E-state index is 13.1. The highest BCUT2D eigenvalue weighted by atomic mass is 32.2. The van der Waals surface area contributed by atoms with Crippen LogP contribution < -0.4 is 5.32 Å². The van der Waals surface area contributed by atoms with E-state index < -0.39 is 10.0 Å². The Hall–Kier alpha value is -2.78. The van der Waals surface area contributed by atoms with E-state index in [9.17, 15) is 18.1 Å². The Balaban J connectivity index is 1.19. The standard InChI is InChI=1S/C27H34N4O4S/c1-20-7-9-24(10-8-20)36(34,35)29-14-11-22(12-15-29)23-13-16-30-26(17-23)25(19-31(30)33)27(32)28-18-21-5-3-2-4-6-21/h2-10,22-23,25-26H,11-19H2,1H3/p+1. The summed E-state index contributed by atoms with van der Waals surface area (Å²) in [5.41, 5.74) is 2.07. The average molecular weight is 512 g/mol. The van der Waals surface area contributed by atoms with Gasteiger partial charge in [0.25, 0.3) is 0 Å². The molecular formula is C27H35N4O4S+. The zero-order valence-corrected chi connectivity index (χ0v) is 21.6. The lowest BCUT2D eigenvalue weighted by Crippen LogP contribution is -2.48. The minimum atomic E-state index is -3.48. The SMILES string of the molecule is Cc1ccc(S(=O)(=O)N2CCC(C3CCN4C(C3)C(C(=O)NCc3ccccc3)C[N+]4=O)CC2)cc1. The van der Waals surface area contributed by atoms with Crippen LogP contribution in [0, 0.1) is 29.6 Å². The zero-order valence-electron chi connectivity index (χ0n) is 20.8. The molecule has 3 fully saturated rings. The number of sulfonamides is 1. The molecule has 0 aromatic heterocycles. The van der Waals surface area contributed by atoms with Crippen molar-refractivity contribution < 1.29 is 18.1 Å². The number of hydrogen-bond acceptors (Lipinski definition) is 4. The Labute approximate surface area is 213 Å². The molecule has 0 bridgehead atoms. The average Bonchev–Trinajstić information content (AvgIpc) is 3.24. The predicted octanol–water partition coefficient (Wildman–Crippen LogP) is 3.12. The summed E-state index contributed by atoms with van der Waals surface area (Å²) in [6.07, 6.45) is 3.34. The molecule has 3 heterocycles. The zero-order chi connectivity index (χ0) is 25.3. The molecule has 1 N–H and O–H groups in total. The minimum Gasteiger partial charge on any atom is -0.351 e. The second-order valence-electron chi connectivity index (χ2n) is 10.4. The number of benzene rings is 2. The summed E-state index contributed by atoms with van der Waals surface area (Å²) in [7, 11) is -3.48. The number of amides is 1. The maximum Gasteiger partial charge on any atom is 0.243 e. The lowest BCUT2D eigenvalue weighted by molar-refractivity contribution is -0.692. The van der Waals surface area contributed by atoms with Crippen LogP contribution >= 0.6 is 0 Å². The number of nitrogens with zero attached hydrogens (tertiary/aromatic N) is 3. The number of rotatable bonds is 6. The van der Waals surface area contributed by atoms with Gasteiger partial charge in [-0.1, -0.05) is 48.0 Å². The number of carbonyl (C=O) groups excluding carboxylic acids is 1. The van der Waals surface area contributed by atoms with Crippen LogP contribution in [-0.4, -0.2) is 60.7 Å². The number of carbonyl (C=O) groups is 1. The van der Waals surface area contributed by atoms with Crippen LogP contribution in [0.3, 0.4) is 0 Å². The van der Waals surface area contributed by atoms with Gasteiger partial charge in [0.1, 0.15) is 16.8 Å². The fraction of sp³-hybridized carbons (Fsp3) is 0.519. The van der Waals surface area contributed by atoms with Crippen molar-refractivity contribution >= 4 is 15.9 Å². The van der Waals surface area contributed by atoms with E-state index >= 15 is 0 Å². The Morgan fingerprint density at radius 2 is 1.64 bits per heavy atom. The van der Waals surface area contributed by atoms with Crippen LogP contribution in [0.5, 0.6) is 0 Å². The number of hydrogen-bond donors (Lipinski definition) is 1. The second kappa shape index (κ2) is 10.3. The number of nitrogens with one attached hydrogen (secondary N) is 1. The molecule has 3 aliphatic rings. The Morgan fingerprint density at radius 1 is 0.972 bits per heavy atom. The van der Waals surface area contributed by atoms with Crippen molar-refractivity contribution in [3.8, 4) is 0 Å². The van der Waals surface area contributed by atoms with Crippen molar-refractivity contribution in [2.45, 2.75) is 50.1 Å². The molecule has 192 valence electrons. The third kappa shape index (κ3) is 5.04. The first-order chi connectivity index (χ1) is 17.3. The topological polar surface area (TPSA) is 89.8 Å². The van der Waals surface area contributed by atoms with Gasteiger partial charge in [0.15, 0.2) is 0 Å². The summed E-state index contributed by atoms with van der Waals surface area (Å²) >= 11 is 0. The number of piperidine rings is 2. The molecule has 8 nitrogen and oxygen atoms in total. The molecule has 9 heteroatoms. The summed E-state index contributed by atoms with van der Waals surface area (Å²) in [5, 5.41) is 4.86. The number of hydrazine groups is 1. The van der Waals surface area contributed by atoms with Crippen LogP contribution in [0.15, 0.2) is 59.5 Å². The molecule has 2 aromatic rings. The summed E-state index contributed by atoms with van der Waals surface area (Å²) < 4.78 is 27.8. The van der Waals surface area contributed by atoms with Crippen molar-refractivity contribution in [1.29, 1.82) is 0 Å². The molecule has 5 rings (SSSR count). The van der Waals surface area contributed by atoms with Gasteiger partial charge in [0, 0.05) is 19.6 Å². The van der Waals surface area contributed by atoms with Gasteiger partial charge < -0.3 is 5.32 Å². The molecule has 0 radical (unpaired) electrons. The number of aryl methyl sites for hydroxylation is 1. The largest absolute Gasteiger partial charge is 0.351 e. The first-order valence-corrected chi connectivity index (χ1v) is 14.4. The Morgan fingerprint density at radius 3 is 2.33 bits per heavy atom. The van der Waals surface area contributed by atoms with Crippen LogP contribution in [0.4, 0.5) is 0 Å². The normalized spacial score (nSPS) is 25.5. The van der Waals surface area contributed by atoms with Crippen LogP contribution in [0.2, 0.25) is 0 Å². The molecule has 2 aromatic carbocycles. The highest BCUT2D eigenvalue weighted by molar-refractivity contribution is 7.89. The van der Waals surface area contributed by atoms with Crippen LogP contribution in [0.25, 0.3) is 0 Å². The third-order valence-electron chi connectivity index (χ3n) is 8.23. The van der Waals surface area contributed by atoms with Gasteiger partial charge in [-0.05, 0) is 62.1 Å². The Bertz CT molecular complexity index is 1190. The molecule has 0 saturated carbocycles. The molecule has 3 saturated heterocycles. The van der Waals surface area contributed by atoms with E-state index in [1.54, 1.807) is 16.4 Å². The van der Waals surface area contributed by atoms with Gasteiger partial charge in [-0.2, -0.15) is 4.31 Å². The van der Waals surface area contributed by atoms with Crippen molar-refractivity contribution in [3.63, 3.8) is 0 Å². The van der Waals surface area contributed by atoms with Gasteiger partial charge >= 0.3 is 0 Å². The molecule has 3 unspecified atom stereocenters. The van der Waals surface area contributed by atoms with E-state index in [0.717, 1.165) is 41.7 Å². The van der Waals surface area contributed by atoms with Gasteiger partial charge in [0.2, 0.25) is 22.5 Å². The van der Waals surface area contributed by atoms with Gasteiger partial charge in [-0.25, -0.2) is 8.42 Å². The second-order valence-corrected chi connectivity index (χ2v) is 12.4. The molecule has 3 atom stereocenters. The Kier molecular flexibility index (Phi) is 7.12. The first-order valence-electron chi connectivity index (χ1n) is 12.9. The van der Waals surface area contributed by atoms with Crippen molar-refractivity contribution in [2.24, 2.45) is 17.8 Å². The maximum absolute atomic E-state index is 13.1. The highest BCUT2D eigenvalue weighted by Crippen LogP contribution is 2.40. The number of nitroso groups, excluding NO2 is 1. The van der Waals surface area contributed by atoms with Crippen molar-refractivity contribution in [1.82, 2.24) is 14.6 Å².